The molecule has 12 heteroatoms. The lowest BCUT2D eigenvalue weighted by molar-refractivity contribution is 1.18. The summed E-state index contributed by atoms with van der Waals surface area (Å²) in [4.78, 5) is 57.7. The average molecular weight is 1890 g/mol. The van der Waals surface area contributed by atoms with Gasteiger partial charge in [0.1, 0.15) is 0 Å². The molecule has 0 radical (unpaired) electrons. The predicted octanol–water partition coefficient (Wildman–Crippen LogP) is 34.2. The Bertz CT molecular complexity index is 9410. The molecule has 0 unspecified atom stereocenters. The van der Waals surface area contributed by atoms with E-state index in [1.165, 1.54) is 48.8 Å². The van der Waals surface area contributed by atoms with Crippen LogP contribution in [-0.2, 0) is 0 Å². The third-order valence-corrected chi connectivity index (χ3v) is 27.6. The maximum atomic E-state index is 5.15. The van der Waals surface area contributed by atoms with Gasteiger partial charge in [0.2, 0.25) is 0 Å². The minimum Gasteiger partial charge on any atom is -0.264 e. The molecule has 0 amide bonds. The van der Waals surface area contributed by atoms with E-state index in [1.807, 2.05) is 73.6 Å². The van der Waals surface area contributed by atoms with Crippen LogP contribution < -0.4 is 0 Å². The largest absolute Gasteiger partial charge is 0.264 e. The van der Waals surface area contributed by atoms with Gasteiger partial charge in [-0.3, -0.25) is 29.9 Å². The second kappa shape index (κ2) is 40.1. The van der Waals surface area contributed by atoms with Gasteiger partial charge in [-0.25, -0.2) is 29.9 Å². The third-order valence-electron chi connectivity index (χ3n) is 27.6. The van der Waals surface area contributed by atoms with Crippen molar-refractivity contribution in [2.24, 2.45) is 0 Å². The van der Waals surface area contributed by atoms with Gasteiger partial charge in [0.25, 0.3) is 0 Å². The molecule has 9 heterocycles. The van der Waals surface area contributed by atoms with Crippen LogP contribution >= 0.6 is 0 Å². The predicted molar refractivity (Wildman–Crippen MR) is 608 cm³/mol. The first-order valence-corrected chi connectivity index (χ1v) is 49.4. The minimum absolute atomic E-state index is 0.681. The van der Waals surface area contributed by atoms with E-state index in [0.29, 0.717) is 17.5 Å². The first-order chi connectivity index (χ1) is 73.3. The minimum atomic E-state index is 0.681. The summed E-state index contributed by atoms with van der Waals surface area (Å²) >= 11 is 0. The number of pyridine rings is 6. The van der Waals surface area contributed by atoms with Gasteiger partial charge in [-0.2, -0.15) is 0 Å². The van der Waals surface area contributed by atoms with E-state index in [-0.39, 0.29) is 0 Å². The van der Waals surface area contributed by atoms with E-state index in [4.69, 9.17) is 29.9 Å². The van der Waals surface area contributed by atoms with Crippen molar-refractivity contribution in [3.05, 3.63) is 535 Å². The number of aromatic nitrogens is 12. The van der Waals surface area contributed by atoms with E-state index in [2.05, 4.69) is 473 Å². The van der Waals surface area contributed by atoms with Crippen LogP contribution in [0.2, 0.25) is 0 Å². The second-order valence-corrected chi connectivity index (χ2v) is 36.7. The molecule has 27 rings (SSSR count). The van der Waals surface area contributed by atoms with E-state index in [1.54, 1.807) is 18.6 Å². The summed E-state index contributed by atoms with van der Waals surface area (Å²) in [6.07, 6.45) is 16.6. The first kappa shape index (κ1) is 89.3. The fourth-order valence-corrected chi connectivity index (χ4v) is 19.8. The lowest BCUT2D eigenvalue weighted by atomic mass is 9.97. The maximum absolute atomic E-state index is 5.15. The molecule has 0 aliphatic carbocycles. The van der Waals surface area contributed by atoms with Crippen molar-refractivity contribution in [3.8, 4) is 191 Å². The molecular formula is C136H88N12. The van der Waals surface area contributed by atoms with Gasteiger partial charge in [-0.05, 0) is 182 Å². The molecule has 0 N–H and O–H groups in total. The maximum Gasteiger partial charge on any atom is 0.160 e. The topological polar surface area (TPSA) is 155 Å². The van der Waals surface area contributed by atoms with Gasteiger partial charge in [-0.1, -0.05) is 413 Å². The SMILES string of the molecule is c1cncc(-c2ccc(-c3cc(-c4ccc(-c5cccc6cccnc56)cc4)nc(-c4ccc(-c5ccc6ccccc6c5)cc4)n3)cc2)c1.c1cncc(-c2ccc(-c3cc(-c4ccc(-c5cccc6cccnc56)cc4)nc(-c4ccc(-c5cccc6ccccc56)cc4)n3)cc2)c1.c1cncc(-c2ccc(-c3cc(-c4ccc(-c5cccc6cccnc56)cc4)nc(-c4ccc5c(ccc6ccccc65)c4)n3)cc2)c1. The molecule has 0 bridgehead atoms. The smallest absolute Gasteiger partial charge is 0.160 e. The number of fused-ring (bicyclic) bond motifs is 8. The number of para-hydroxylation sites is 3. The summed E-state index contributed by atoms with van der Waals surface area (Å²) < 4.78 is 0. The first-order valence-electron chi connectivity index (χ1n) is 49.4. The summed E-state index contributed by atoms with van der Waals surface area (Å²) in [5.74, 6) is 2.05. The molecule has 0 atom stereocenters. The van der Waals surface area contributed by atoms with Crippen LogP contribution in [0.5, 0.6) is 0 Å². The van der Waals surface area contributed by atoms with Gasteiger partial charge < -0.3 is 0 Å². The molecule has 18 aromatic carbocycles. The molecule has 0 saturated carbocycles. The van der Waals surface area contributed by atoms with Crippen LogP contribution in [0, 0.1) is 0 Å². The Morgan fingerprint density at radius 1 is 0.122 bits per heavy atom. The molecule has 27 aromatic rings. The van der Waals surface area contributed by atoms with Gasteiger partial charge >= 0.3 is 0 Å². The van der Waals surface area contributed by atoms with Crippen molar-refractivity contribution < 1.29 is 0 Å². The molecule has 0 spiro atoms. The van der Waals surface area contributed by atoms with E-state index in [0.717, 1.165) is 200 Å². The second-order valence-electron chi connectivity index (χ2n) is 36.7. The highest BCUT2D eigenvalue weighted by Crippen LogP contribution is 2.42. The van der Waals surface area contributed by atoms with Crippen molar-refractivity contribution in [2.45, 2.75) is 0 Å². The van der Waals surface area contributed by atoms with Crippen LogP contribution in [0.4, 0.5) is 0 Å². The molecule has 0 fully saturated rings. The lowest BCUT2D eigenvalue weighted by Crippen LogP contribution is -1.96. The number of benzene rings is 18. The molecule has 12 nitrogen and oxygen atoms in total. The van der Waals surface area contributed by atoms with Crippen molar-refractivity contribution >= 4 is 75.8 Å². The van der Waals surface area contributed by atoms with Crippen LogP contribution in [0.1, 0.15) is 0 Å². The average Bonchev–Trinajstić information content (AvgIpc) is 0.779. The number of nitrogens with zero attached hydrogens (tertiary/aromatic N) is 12. The zero-order chi connectivity index (χ0) is 98.4. The van der Waals surface area contributed by atoms with Crippen LogP contribution in [0.3, 0.4) is 0 Å². The van der Waals surface area contributed by atoms with E-state index >= 15 is 0 Å². The Hall–Kier alpha value is -20.1. The Labute approximate surface area is 855 Å². The highest BCUT2D eigenvalue weighted by Gasteiger charge is 2.21. The van der Waals surface area contributed by atoms with E-state index < -0.39 is 0 Å². The molecule has 0 aliphatic heterocycles. The molecule has 9 aromatic heterocycles. The summed E-state index contributed by atoms with van der Waals surface area (Å²) in [7, 11) is 0. The molecule has 692 valence electrons. The van der Waals surface area contributed by atoms with Gasteiger partial charge in [0.15, 0.2) is 17.5 Å². The highest BCUT2D eigenvalue weighted by molar-refractivity contribution is 6.09. The van der Waals surface area contributed by atoms with Crippen molar-refractivity contribution in [2.75, 3.05) is 0 Å². The third kappa shape index (κ3) is 18.6. The van der Waals surface area contributed by atoms with Crippen molar-refractivity contribution in [3.63, 3.8) is 0 Å². The standard InChI is InChI=1S/2C46H30N4.C44H28N4/c1-2-12-40-32(7-1)8-3-13-41(40)33-19-25-38(26-20-33)46-49-43(35-21-15-31(16-22-35)39-11-5-27-47-30-39)29-44(50-46)36-23-17-34(18-24-36)42-14-4-9-37-10-6-28-48-45(37)42;1-2-7-39-28-40(25-16-31(39)6-1)32-14-23-38(24-15-32)46-49-43(35-19-12-33(13-20-35)41-10-4-26-47-30-41)29-44(50-46)36-21-17-34(18-22-36)42-11-3-8-37-9-5-27-48-45(37)42;1-2-10-38-30(6-1)16-21-35-26-36(22-23-39(35)38)44-47-41(32-17-12-29(13-18-32)37-9-4-24-45-28-37)27-42(48-44)33-19-14-31(15-20-33)40-11-3-7-34-8-5-25-46-43(34)40/h2*1-30H;1-28H. The van der Waals surface area contributed by atoms with E-state index in [9.17, 15) is 0 Å². The van der Waals surface area contributed by atoms with Gasteiger partial charge in [0.05, 0.1) is 50.7 Å². The Morgan fingerprint density at radius 2 is 0.372 bits per heavy atom. The van der Waals surface area contributed by atoms with Crippen LogP contribution in [0.15, 0.2) is 535 Å². The quantitative estimate of drug-likeness (QED) is 0.0797. The monoisotopic (exact) mass is 1890 g/mol. The molecule has 148 heavy (non-hydrogen) atoms. The number of hydrogen-bond donors (Lipinski definition) is 0. The molecule has 0 aliphatic rings. The van der Waals surface area contributed by atoms with Crippen LogP contribution in [-0.4, -0.2) is 59.8 Å². The summed E-state index contributed by atoms with van der Waals surface area (Å²) in [6.45, 7) is 0. The Morgan fingerprint density at radius 3 is 0.757 bits per heavy atom. The van der Waals surface area contributed by atoms with Crippen molar-refractivity contribution in [1.29, 1.82) is 0 Å². The fourth-order valence-electron chi connectivity index (χ4n) is 19.8. The Balaban J connectivity index is 0.000000115. The summed E-state index contributed by atoms with van der Waals surface area (Å²) in [6, 6.07) is 167. The zero-order valence-corrected chi connectivity index (χ0v) is 80.2. The fraction of sp³-hybridized carbons (Fsp3) is 0. The normalized spacial score (nSPS) is 11.2. The molecule has 0 saturated heterocycles. The van der Waals surface area contributed by atoms with Gasteiger partial charge in [0, 0.05) is 139 Å². The van der Waals surface area contributed by atoms with Gasteiger partial charge in [-0.15, -0.1) is 0 Å². The zero-order valence-electron chi connectivity index (χ0n) is 80.2. The lowest BCUT2D eigenvalue weighted by Gasteiger charge is -2.12. The number of rotatable bonds is 17. The number of hydrogen-bond acceptors (Lipinski definition) is 12. The summed E-state index contributed by atoms with van der Waals surface area (Å²) in [5, 5.41) is 13.2. The van der Waals surface area contributed by atoms with Crippen molar-refractivity contribution in [1.82, 2.24) is 59.8 Å². The molecular weight excluding hydrogens is 1800 g/mol. The van der Waals surface area contributed by atoms with Crippen LogP contribution in [0.25, 0.3) is 267 Å². The Kier molecular flexibility index (Phi) is 24.2. The summed E-state index contributed by atoms with van der Waals surface area (Å²) in [5.41, 5.74) is 35.2. The highest BCUT2D eigenvalue weighted by atomic mass is 14.9.